The van der Waals surface area contributed by atoms with E-state index in [0.29, 0.717) is 30.8 Å². The summed E-state index contributed by atoms with van der Waals surface area (Å²) in [5.74, 6) is -0.270. The van der Waals surface area contributed by atoms with Crippen molar-refractivity contribution in [3.8, 4) is 0 Å². The van der Waals surface area contributed by atoms with Gasteiger partial charge in [-0.1, -0.05) is 6.07 Å². The molecule has 1 aliphatic rings. The predicted molar refractivity (Wildman–Crippen MR) is 87.5 cm³/mol. The van der Waals surface area contributed by atoms with Crippen molar-refractivity contribution in [2.24, 2.45) is 0 Å². The van der Waals surface area contributed by atoms with Crippen LogP contribution < -0.4 is 10.6 Å². The fraction of sp³-hybridized carbons (Fsp3) is 0.500. The van der Waals surface area contributed by atoms with E-state index in [1.54, 1.807) is 24.3 Å². The van der Waals surface area contributed by atoms with Crippen molar-refractivity contribution in [2.75, 3.05) is 45.1 Å². The van der Waals surface area contributed by atoms with Gasteiger partial charge >= 0.3 is 12.2 Å². The molecule has 2 N–H and O–H groups in total. The average Bonchev–Trinajstić information content (AvgIpc) is 2.78. The zero-order chi connectivity index (χ0) is 18.4. The van der Waals surface area contributed by atoms with Gasteiger partial charge in [0.1, 0.15) is 0 Å². The van der Waals surface area contributed by atoms with Crippen LogP contribution in [0, 0.1) is 0 Å². The van der Waals surface area contributed by atoms with Gasteiger partial charge in [0.05, 0.1) is 6.54 Å². The first-order valence-electron chi connectivity index (χ1n) is 7.95. The number of hydrogen-bond donors (Lipinski definition) is 2. The SMILES string of the molecule is CNC(=O)c1cccc(NC(=O)N2CCCN(CC(F)(F)F)CC2)c1. The number of urea groups is 1. The summed E-state index contributed by atoms with van der Waals surface area (Å²) < 4.78 is 37.4. The van der Waals surface area contributed by atoms with Crippen molar-refractivity contribution in [3.05, 3.63) is 29.8 Å². The molecule has 2 rings (SSSR count). The van der Waals surface area contributed by atoms with Gasteiger partial charge in [0.2, 0.25) is 0 Å². The van der Waals surface area contributed by atoms with Crippen molar-refractivity contribution in [3.63, 3.8) is 0 Å². The monoisotopic (exact) mass is 358 g/mol. The Kier molecular flexibility index (Phi) is 6.24. The molecule has 0 atom stereocenters. The molecule has 0 aliphatic carbocycles. The molecule has 1 aromatic rings. The molecule has 138 valence electrons. The molecule has 0 aromatic heterocycles. The summed E-state index contributed by atoms with van der Waals surface area (Å²) in [6, 6.07) is 6.08. The van der Waals surface area contributed by atoms with Crippen LogP contribution in [0.25, 0.3) is 0 Å². The summed E-state index contributed by atoms with van der Waals surface area (Å²) in [6.07, 6.45) is -3.76. The maximum absolute atomic E-state index is 12.5. The molecule has 3 amide bonds. The van der Waals surface area contributed by atoms with E-state index >= 15 is 0 Å². The Labute approximate surface area is 144 Å². The Morgan fingerprint density at radius 3 is 2.60 bits per heavy atom. The van der Waals surface area contributed by atoms with Gasteiger partial charge < -0.3 is 15.5 Å². The van der Waals surface area contributed by atoms with Crippen LogP contribution in [0.4, 0.5) is 23.7 Å². The molecule has 1 aliphatic heterocycles. The second-order valence-electron chi connectivity index (χ2n) is 5.82. The summed E-state index contributed by atoms with van der Waals surface area (Å²) in [5.41, 5.74) is 0.870. The van der Waals surface area contributed by atoms with Crippen LogP contribution in [0.1, 0.15) is 16.8 Å². The maximum Gasteiger partial charge on any atom is 0.401 e. The van der Waals surface area contributed by atoms with Crippen molar-refractivity contribution in [2.45, 2.75) is 12.6 Å². The second kappa shape index (κ2) is 8.19. The molecule has 1 aromatic carbocycles. The maximum atomic E-state index is 12.5. The summed E-state index contributed by atoms with van der Waals surface area (Å²) in [7, 11) is 1.51. The number of anilines is 1. The normalized spacial score (nSPS) is 16.2. The Hall–Kier alpha value is -2.29. The van der Waals surface area contributed by atoms with E-state index in [2.05, 4.69) is 10.6 Å². The highest BCUT2D eigenvalue weighted by Gasteiger charge is 2.31. The van der Waals surface area contributed by atoms with Gasteiger partial charge in [0.15, 0.2) is 0 Å². The highest BCUT2D eigenvalue weighted by molar-refractivity contribution is 5.96. The third-order valence-corrected chi connectivity index (χ3v) is 3.88. The first kappa shape index (κ1) is 19.0. The van der Waals surface area contributed by atoms with Crippen molar-refractivity contribution in [1.29, 1.82) is 0 Å². The average molecular weight is 358 g/mol. The first-order chi connectivity index (χ1) is 11.8. The van der Waals surface area contributed by atoms with Gasteiger partial charge in [-0.2, -0.15) is 13.2 Å². The third kappa shape index (κ3) is 5.93. The molecule has 25 heavy (non-hydrogen) atoms. The molecule has 0 bridgehead atoms. The van der Waals surface area contributed by atoms with Gasteiger partial charge in [0, 0.05) is 44.5 Å². The van der Waals surface area contributed by atoms with Crippen molar-refractivity contribution < 1.29 is 22.8 Å². The number of hydrogen-bond acceptors (Lipinski definition) is 3. The van der Waals surface area contributed by atoms with Crippen LogP contribution in [0.3, 0.4) is 0 Å². The topological polar surface area (TPSA) is 64.7 Å². The predicted octanol–water partition coefficient (Wildman–Crippen LogP) is 2.15. The number of carbonyl (C=O) groups excluding carboxylic acids is 2. The lowest BCUT2D eigenvalue weighted by Crippen LogP contribution is -2.40. The van der Waals surface area contributed by atoms with E-state index in [4.69, 9.17) is 0 Å². The molecule has 1 fully saturated rings. The Bertz CT molecular complexity index is 622. The number of nitrogens with zero attached hydrogens (tertiary/aromatic N) is 2. The van der Waals surface area contributed by atoms with Gasteiger partial charge in [0.25, 0.3) is 5.91 Å². The minimum Gasteiger partial charge on any atom is -0.355 e. The van der Waals surface area contributed by atoms with Gasteiger partial charge in [-0.25, -0.2) is 4.79 Å². The zero-order valence-corrected chi connectivity index (χ0v) is 13.9. The second-order valence-corrected chi connectivity index (χ2v) is 5.82. The van der Waals surface area contributed by atoms with Crippen molar-refractivity contribution in [1.82, 2.24) is 15.1 Å². The number of rotatable bonds is 3. The molecule has 0 spiro atoms. The Morgan fingerprint density at radius 1 is 1.16 bits per heavy atom. The van der Waals surface area contributed by atoms with Gasteiger partial charge in [-0.05, 0) is 24.6 Å². The largest absolute Gasteiger partial charge is 0.401 e. The number of halogens is 3. The number of amides is 3. The molecule has 0 radical (unpaired) electrons. The van der Waals surface area contributed by atoms with Crippen LogP contribution in [-0.2, 0) is 0 Å². The first-order valence-corrected chi connectivity index (χ1v) is 7.95. The minimum absolute atomic E-state index is 0.172. The highest BCUT2D eigenvalue weighted by Crippen LogP contribution is 2.18. The summed E-state index contributed by atoms with van der Waals surface area (Å²) in [5, 5.41) is 5.19. The third-order valence-electron chi connectivity index (χ3n) is 3.88. The molecular weight excluding hydrogens is 337 g/mol. The lowest BCUT2D eigenvalue weighted by Gasteiger charge is -2.23. The number of nitrogens with one attached hydrogen (secondary N) is 2. The minimum atomic E-state index is -4.24. The number of alkyl halides is 3. The fourth-order valence-electron chi connectivity index (χ4n) is 2.67. The summed E-state index contributed by atoms with van der Waals surface area (Å²) in [6.45, 7) is 0.115. The Balaban J connectivity index is 1.94. The quantitative estimate of drug-likeness (QED) is 0.870. The number of carbonyl (C=O) groups is 2. The molecule has 6 nitrogen and oxygen atoms in total. The smallest absolute Gasteiger partial charge is 0.355 e. The van der Waals surface area contributed by atoms with Crippen LogP contribution >= 0.6 is 0 Å². The van der Waals surface area contributed by atoms with Crippen LogP contribution in [0.2, 0.25) is 0 Å². The lowest BCUT2D eigenvalue weighted by atomic mass is 10.2. The molecule has 1 saturated heterocycles. The molecule has 9 heteroatoms. The van der Waals surface area contributed by atoms with E-state index in [1.165, 1.54) is 16.8 Å². The fourth-order valence-corrected chi connectivity index (χ4v) is 2.67. The zero-order valence-electron chi connectivity index (χ0n) is 13.9. The van der Waals surface area contributed by atoms with E-state index in [0.717, 1.165) is 0 Å². The van der Waals surface area contributed by atoms with E-state index in [9.17, 15) is 22.8 Å². The number of benzene rings is 1. The molecule has 0 unspecified atom stereocenters. The van der Waals surface area contributed by atoms with Crippen LogP contribution in [0.15, 0.2) is 24.3 Å². The Morgan fingerprint density at radius 2 is 1.92 bits per heavy atom. The van der Waals surface area contributed by atoms with Crippen LogP contribution in [-0.4, -0.2) is 67.7 Å². The molecule has 1 heterocycles. The van der Waals surface area contributed by atoms with E-state index in [1.807, 2.05) is 0 Å². The van der Waals surface area contributed by atoms with E-state index in [-0.39, 0.29) is 25.0 Å². The molecular formula is C16H21F3N4O2. The highest BCUT2D eigenvalue weighted by atomic mass is 19.4. The van der Waals surface area contributed by atoms with Gasteiger partial charge in [-0.3, -0.25) is 9.69 Å². The van der Waals surface area contributed by atoms with Gasteiger partial charge in [-0.15, -0.1) is 0 Å². The summed E-state index contributed by atoms with van der Waals surface area (Å²) in [4.78, 5) is 26.7. The summed E-state index contributed by atoms with van der Waals surface area (Å²) >= 11 is 0. The standard InChI is InChI=1S/C16H21F3N4O2/c1-20-14(24)12-4-2-5-13(10-12)21-15(25)23-7-3-6-22(8-9-23)11-16(17,18)19/h2,4-5,10H,3,6-9,11H2,1H3,(H,20,24)(H,21,25). The lowest BCUT2D eigenvalue weighted by molar-refractivity contribution is -0.145. The van der Waals surface area contributed by atoms with E-state index < -0.39 is 12.7 Å². The van der Waals surface area contributed by atoms with Crippen molar-refractivity contribution >= 4 is 17.6 Å². The van der Waals surface area contributed by atoms with Crippen LogP contribution in [0.5, 0.6) is 0 Å². The molecule has 0 saturated carbocycles.